The van der Waals surface area contributed by atoms with Gasteiger partial charge in [-0.1, -0.05) is 47.5 Å². The fourth-order valence-corrected chi connectivity index (χ4v) is 1.82. The fraction of sp³-hybridized carbons (Fsp3) is 0.214. The van der Waals surface area contributed by atoms with Crippen LogP contribution in [0.1, 0.15) is 11.1 Å². The molecular weight excluding hydrogens is 232 g/mol. The predicted molar refractivity (Wildman–Crippen MR) is 72.5 cm³/mol. The molecule has 0 atom stereocenters. The van der Waals surface area contributed by atoms with Gasteiger partial charge >= 0.3 is 0 Å². The predicted octanol–water partition coefficient (Wildman–Crippen LogP) is 3.68. The van der Waals surface area contributed by atoms with E-state index in [-0.39, 0.29) is 0 Å². The van der Waals surface area contributed by atoms with Crippen molar-refractivity contribution in [1.29, 1.82) is 0 Å². The highest BCUT2D eigenvalue weighted by Crippen LogP contribution is 2.15. The highest BCUT2D eigenvalue weighted by Gasteiger charge is 2.03. The minimum atomic E-state index is 0.526. The summed E-state index contributed by atoms with van der Waals surface area (Å²) in [4.78, 5) is 6.36. The quantitative estimate of drug-likeness (QED) is 0.768. The van der Waals surface area contributed by atoms with E-state index in [9.17, 15) is 0 Å². The first-order valence-corrected chi connectivity index (χ1v) is 5.92. The molecule has 0 saturated carbocycles. The first kappa shape index (κ1) is 11.9. The molecule has 0 aliphatic heterocycles. The maximum absolute atomic E-state index is 5.87. The molecule has 2 rings (SSSR count). The Morgan fingerprint density at radius 1 is 1.12 bits per heavy atom. The maximum Gasteiger partial charge on any atom is 0.131 e. The minimum Gasteiger partial charge on any atom is -0.355 e. The van der Waals surface area contributed by atoms with Gasteiger partial charge in [-0.3, -0.25) is 0 Å². The molecule has 0 fully saturated rings. The number of halogens is 1. The topological polar surface area (TPSA) is 16.1 Å². The molecule has 2 aromatic rings. The van der Waals surface area contributed by atoms with E-state index in [0.717, 1.165) is 12.4 Å². The van der Waals surface area contributed by atoms with Crippen molar-refractivity contribution in [2.24, 2.45) is 0 Å². The maximum atomic E-state index is 5.87. The zero-order chi connectivity index (χ0) is 12.3. The summed E-state index contributed by atoms with van der Waals surface area (Å²) in [5.74, 6) is 0.887. The van der Waals surface area contributed by atoms with Crippen LogP contribution in [-0.4, -0.2) is 12.0 Å². The molecule has 0 amide bonds. The van der Waals surface area contributed by atoms with Crippen molar-refractivity contribution < 1.29 is 0 Å². The number of rotatable bonds is 3. The second-order valence-electron chi connectivity index (χ2n) is 4.16. The Morgan fingerprint density at radius 3 is 2.47 bits per heavy atom. The van der Waals surface area contributed by atoms with Gasteiger partial charge in [0.15, 0.2) is 0 Å². The highest BCUT2D eigenvalue weighted by molar-refractivity contribution is 6.29. The van der Waals surface area contributed by atoms with Gasteiger partial charge in [-0.25, -0.2) is 4.98 Å². The third-order valence-corrected chi connectivity index (χ3v) is 2.84. The average Bonchev–Trinajstić information content (AvgIpc) is 2.32. The van der Waals surface area contributed by atoms with Gasteiger partial charge in [0, 0.05) is 13.6 Å². The van der Waals surface area contributed by atoms with Gasteiger partial charge in [0.25, 0.3) is 0 Å². The molecule has 0 aliphatic rings. The molecule has 0 saturated heterocycles. The SMILES string of the molecule is Cc1ccc(CN(C)c2cccc(Cl)n2)cc1. The molecule has 17 heavy (non-hydrogen) atoms. The van der Waals surface area contributed by atoms with Crippen LogP contribution in [0.15, 0.2) is 42.5 Å². The standard InChI is InChI=1S/C14H15ClN2/c1-11-6-8-12(9-7-11)10-17(2)14-5-3-4-13(15)16-14/h3-9H,10H2,1-2H3. The molecule has 1 heterocycles. The van der Waals surface area contributed by atoms with E-state index in [1.165, 1.54) is 11.1 Å². The highest BCUT2D eigenvalue weighted by atomic mass is 35.5. The normalized spacial score (nSPS) is 10.3. The van der Waals surface area contributed by atoms with Crippen molar-refractivity contribution in [3.05, 3.63) is 58.7 Å². The summed E-state index contributed by atoms with van der Waals surface area (Å²) < 4.78 is 0. The molecule has 0 aliphatic carbocycles. The van der Waals surface area contributed by atoms with Gasteiger partial charge in [-0.05, 0) is 24.6 Å². The van der Waals surface area contributed by atoms with E-state index < -0.39 is 0 Å². The smallest absolute Gasteiger partial charge is 0.131 e. The van der Waals surface area contributed by atoms with Crippen LogP contribution in [-0.2, 0) is 6.54 Å². The van der Waals surface area contributed by atoms with Crippen LogP contribution in [0.3, 0.4) is 0 Å². The number of hydrogen-bond acceptors (Lipinski definition) is 2. The molecule has 0 radical (unpaired) electrons. The van der Waals surface area contributed by atoms with Crippen LogP contribution in [0.5, 0.6) is 0 Å². The number of pyridine rings is 1. The minimum absolute atomic E-state index is 0.526. The number of anilines is 1. The van der Waals surface area contributed by atoms with Crippen LogP contribution in [0.2, 0.25) is 5.15 Å². The van der Waals surface area contributed by atoms with Crippen molar-refractivity contribution in [3.8, 4) is 0 Å². The lowest BCUT2D eigenvalue weighted by Crippen LogP contribution is -2.17. The summed E-state index contributed by atoms with van der Waals surface area (Å²) in [6.45, 7) is 2.92. The van der Waals surface area contributed by atoms with Crippen molar-refractivity contribution in [1.82, 2.24) is 4.98 Å². The van der Waals surface area contributed by atoms with Gasteiger partial charge in [-0.2, -0.15) is 0 Å². The summed E-state index contributed by atoms with van der Waals surface area (Å²) in [7, 11) is 2.01. The third-order valence-electron chi connectivity index (χ3n) is 2.63. The Bertz CT molecular complexity index is 494. The summed E-state index contributed by atoms with van der Waals surface area (Å²) >= 11 is 5.87. The summed E-state index contributed by atoms with van der Waals surface area (Å²) in [5, 5.41) is 0.526. The first-order valence-electron chi connectivity index (χ1n) is 5.54. The lowest BCUT2D eigenvalue weighted by molar-refractivity contribution is 0.897. The molecule has 0 unspecified atom stereocenters. The lowest BCUT2D eigenvalue weighted by atomic mass is 10.1. The summed E-state index contributed by atoms with van der Waals surface area (Å²) in [5.41, 5.74) is 2.54. The van der Waals surface area contributed by atoms with E-state index in [0.29, 0.717) is 5.15 Å². The van der Waals surface area contributed by atoms with E-state index in [4.69, 9.17) is 11.6 Å². The Labute approximate surface area is 107 Å². The molecule has 3 heteroatoms. The second-order valence-corrected chi connectivity index (χ2v) is 4.55. The largest absolute Gasteiger partial charge is 0.355 e. The van der Waals surface area contributed by atoms with Crippen molar-refractivity contribution in [3.63, 3.8) is 0 Å². The molecule has 0 bridgehead atoms. The average molecular weight is 247 g/mol. The van der Waals surface area contributed by atoms with E-state index >= 15 is 0 Å². The molecule has 0 spiro atoms. The zero-order valence-corrected chi connectivity index (χ0v) is 10.8. The molecule has 1 aromatic heterocycles. The van der Waals surface area contributed by atoms with Gasteiger partial charge in [0.05, 0.1) is 0 Å². The van der Waals surface area contributed by atoms with E-state index in [1.54, 1.807) is 6.07 Å². The molecule has 2 nitrogen and oxygen atoms in total. The second kappa shape index (κ2) is 5.19. The summed E-state index contributed by atoms with van der Waals surface area (Å²) in [6, 6.07) is 14.2. The number of nitrogens with zero attached hydrogens (tertiary/aromatic N) is 2. The first-order chi connectivity index (χ1) is 8.15. The Hall–Kier alpha value is -1.54. The van der Waals surface area contributed by atoms with E-state index in [2.05, 4.69) is 41.1 Å². The van der Waals surface area contributed by atoms with Crippen molar-refractivity contribution >= 4 is 17.4 Å². The number of aryl methyl sites for hydroxylation is 1. The molecule has 1 aromatic carbocycles. The molecule has 0 N–H and O–H groups in total. The van der Waals surface area contributed by atoms with Crippen molar-refractivity contribution in [2.75, 3.05) is 11.9 Å². The lowest BCUT2D eigenvalue weighted by Gasteiger charge is -2.18. The van der Waals surface area contributed by atoms with Gasteiger partial charge in [-0.15, -0.1) is 0 Å². The van der Waals surface area contributed by atoms with E-state index in [1.807, 2.05) is 19.2 Å². The zero-order valence-electron chi connectivity index (χ0n) is 10.0. The van der Waals surface area contributed by atoms with Gasteiger partial charge in [0.2, 0.25) is 0 Å². The van der Waals surface area contributed by atoms with Crippen LogP contribution in [0, 0.1) is 6.92 Å². The molecule has 88 valence electrons. The van der Waals surface area contributed by atoms with Crippen LogP contribution >= 0.6 is 11.6 Å². The number of aromatic nitrogens is 1. The Balaban J connectivity index is 2.11. The summed E-state index contributed by atoms with van der Waals surface area (Å²) in [6.07, 6.45) is 0. The van der Waals surface area contributed by atoms with Crippen LogP contribution in [0.4, 0.5) is 5.82 Å². The number of hydrogen-bond donors (Lipinski definition) is 0. The molecular formula is C14H15ClN2. The monoisotopic (exact) mass is 246 g/mol. The van der Waals surface area contributed by atoms with Crippen molar-refractivity contribution in [2.45, 2.75) is 13.5 Å². The Morgan fingerprint density at radius 2 is 1.82 bits per heavy atom. The number of benzene rings is 1. The van der Waals surface area contributed by atoms with Gasteiger partial charge < -0.3 is 4.90 Å². The van der Waals surface area contributed by atoms with Crippen LogP contribution < -0.4 is 4.90 Å². The Kier molecular flexibility index (Phi) is 3.64. The van der Waals surface area contributed by atoms with Crippen LogP contribution in [0.25, 0.3) is 0 Å². The van der Waals surface area contributed by atoms with Gasteiger partial charge in [0.1, 0.15) is 11.0 Å². The fourth-order valence-electron chi connectivity index (χ4n) is 1.66. The third kappa shape index (κ3) is 3.21.